The lowest BCUT2D eigenvalue weighted by Crippen LogP contribution is -2.37. The Balaban J connectivity index is 2.13. The van der Waals surface area contributed by atoms with Crippen molar-refractivity contribution in [2.45, 2.75) is 12.5 Å². The molecule has 0 saturated heterocycles. The lowest BCUT2D eigenvalue weighted by atomic mass is 10.2. The summed E-state index contributed by atoms with van der Waals surface area (Å²) in [5.41, 5.74) is 5.52. The summed E-state index contributed by atoms with van der Waals surface area (Å²) in [6, 6.07) is 7.17. The van der Waals surface area contributed by atoms with Gasteiger partial charge < -0.3 is 35.7 Å². The Morgan fingerprint density at radius 2 is 1.63 bits per heavy atom. The molecule has 0 heterocycles. The molecule has 1 aromatic carbocycles. The first-order valence-corrected chi connectivity index (χ1v) is 7.94. The zero-order valence-corrected chi connectivity index (χ0v) is 14.4. The number of ether oxygens (including phenoxy) is 3. The smallest absolute Gasteiger partial charge is 0.412 e. The fraction of sp³-hybridized carbons (Fsp3) is 0.375. The van der Waals surface area contributed by atoms with E-state index in [0.717, 1.165) is 0 Å². The number of amides is 2. The summed E-state index contributed by atoms with van der Waals surface area (Å²) in [5, 5.41) is 12.7. The highest BCUT2D eigenvalue weighted by Crippen LogP contribution is 2.07. The number of nitrogens with one attached hydrogen (secondary N) is 2. The molecule has 11 nitrogen and oxygen atoms in total. The van der Waals surface area contributed by atoms with E-state index in [4.69, 9.17) is 25.1 Å². The Morgan fingerprint density at radius 3 is 2.30 bits per heavy atom. The molecule has 148 valence electrons. The minimum absolute atomic E-state index is 0.00453. The largest absolute Gasteiger partial charge is 0.465 e. The van der Waals surface area contributed by atoms with Crippen molar-refractivity contribution >= 4 is 24.1 Å². The summed E-state index contributed by atoms with van der Waals surface area (Å²) >= 11 is 0. The van der Waals surface area contributed by atoms with E-state index >= 15 is 0 Å². The topological polar surface area (TPSA) is 166 Å². The molecule has 0 aromatic heterocycles. The molecule has 0 aliphatic rings. The Kier molecular flexibility index (Phi) is 9.71. The van der Waals surface area contributed by atoms with Crippen molar-refractivity contribution in [2.24, 2.45) is 5.73 Å². The van der Waals surface area contributed by atoms with Gasteiger partial charge in [-0.25, -0.2) is 9.59 Å². The number of hydrogen-bond acceptors (Lipinski definition) is 8. The third-order valence-corrected chi connectivity index (χ3v) is 2.90. The van der Waals surface area contributed by atoms with E-state index in [2.05, 4.69) is 5.32 Å². The second kappa shape index (κ2) is 12.1. The summed E-state index contributed by atoms with van der Waals surface area (Å²) in [7, 11) is 0. The summed E-state index contributed by atoms with van der Waals surface area (Å²) in [6.07, 6.45) is -2.37. The van der Waals surface area contributed by atoms with Gasteiger partial charge in [-0.3, -0.25) is 9.59 Å². The Labute approximate surface area is 154 Å². The van der Waals surface area contributed by atoms with Crippen LogP contribution in [0.5, 0.6) is 5.75 Å². The van der Waals surface area contributed by atoms with Gasteiger partial charge >= 0.3 is 24.1 Å². The highest BCUT2D eigenvalue weighted by molar-refractivity contribution is 5.82. The predicted molar refractivity (Wildman–Crippen MR) is 91.0 cm³/mol. The highest BCUT2D eigenvalue weighted by atomic mass is 16.6. The van der Waals surface area contributed by atoms with Crippen molar-refractivity contribution in [1.82, 2.24) is 10.6 Å². The van der Waals surface area contributed by atoms with Crippen molar-refractivity contribution < 1.29 is 38.5 Å². The van der Waals surface area contributed by atoms with E-state index in [1.807, 2.05) is 5.32 Å². The minimum Gasteiger partial charge on any atom is -0.465 e. The van der Waals surface area contributed by atoms with Crippen LogP contribution in [-0.4, -0.2) is 61.6 Å². The maximum atomic E-state index is 11.6. The molecule has 1 rings (SSSR count). The van der Waals surface area contributed by atoms with Crippen molar-refractivity contribution in [1.29, 1.82) is 0 Å². The van der Waals surface area contributed by atoms with Gasteiger partial charge in [0.15, 0.2) is 0 Å². The molecule has 11 heteroatoms. The minimum atomic E-state index is -1.24. The number of rotatable bonds is 10. The molecule has 1 atom stereocenters. The molecule has 5 N–H and O–H groups in total. The van der Waals surface area contributed by atoms with E-state index in [9.17, 15) is 19.2 Å². The van der Waals surface area contributed by atoms with Gasteiger partial charge in [0.25, 0.3) is 0 Å². The molecule has 1 unspecified atom stereocenters. The van der Waals surface area contributed by atoms with Crippen molar-refractivity contribution in [3.63, 3.8) is 0 Å². The molecule has 0 spiro atoms. The zero-order chi connectivity index (χ0) is 20.1. The summed E-state index contributed by atoms with van der Waals surface area (Å²) in [4.78, 5) is 44.8. The van der Waals surface area contributed by atoms with Crippen LogP contribution in [0.1, 0.15) is 6.42 Å². The fourth-order valence-electron chi connectivity index (χ4n) is 1.69. The first kappa shape index (κ1) is 21.7. The molecule has 0 fully saturated rings. The number of carboxylic acid groups (broad SMARTS) is 1. The molecular weight excluding hydrogens is 362 g/mol. The average molecular weight is 383 g/mol. The van der Waals surface area contributed by atoms with Crippen LogP contribution in [0.2, 0.25) is 0 Å². The van der Waals surface area contributed by atoms with Crippen LogP contribution in [0.4, 0.5) is 9.59 Å². The average Bonchev–Trinajstić information content (AvgIpc) is 2.62. The number of carbonyl (C=O) groups excluding carboxylic acids is 3. The van der Waals surface area contributed by atoms with E-state index in [1.165, 1.54) is 0 Å². The second-order valence-corrected chi connectivity index (χ2v) is 5.06. The maximum Gasteiger partial charge on any atom is 0.412 e. The second-order valence-electron chi connectivity index (χ2n) is 5.06. The summed E-state index contributed by atoms with van der Waals surface area (Å²) in [6.45, 7) is -0.421. The van der Waals surface area contributed by atoms with Crippen LogP contribution in [0.3, 0.4) is 0 Å². The monoisotopic (exact) mass is 383 g/mol. The van der Waals surface area contributed by atoms with Gasteiger partial charge in [-0.05, 0) is 12.1 Å². The third-order valence-electron chi connectivity index (χ3n) is 2.90. The van der Waals surface area contributed by atoms with Gasteiger partial charge in [-0.2, -0.15) is 0 Å². The molecule has 2 amide bonds. The van der Waals surface area contributed by atoms with Crippen LogP contribution in [0, 0.1) is 0 Å². The SMILES string of the molecule is NC(CC(=O)OCCNC(=O)O)C(=O)OCCNC(=O)Oc1ccccc1. The van der Waals surface area contributed by atoms with Crippen molar-refractivity contribution in [2.75, 3.05) is 26.3 Å². The third kappa shape index (κ3) is 10.3. The van der Waals surface area contributed by atoms with Crippen LogP contribution in [0.25, 0.3) is 0 Å². The molecule has 0 bridgehead atoms. The quantitative estimate of drug-likeness (QED) is 0.317. The van der Waals surface area contributed by atoms with Crippen LogP contribution < -0.4 is 21.1 Å². The first-order chi connectivity index (χ1) is 12.9. The van der Waals surface area contributed by atoms with Crippen LogP contribution in [0.15, 0.2) is 30.3 Å². The van der Waals surface area contributed by atoms with Gasteiger partial charge in [-0.1, -0.05) is 18.2 Å². The molecule has 1 aromatic rings. The molecule has 0 aliphatic heterocycles. The van der Waals surface area contributed by atoms with Gasteiger partial charge in [-0.15, -0.1) is 0 Å². The van der Waals surface area contributed by atoms with Gasteiger partial charge in [0, 0.05) is 0 Å². The lowest BCUT2D eigenvalue weighted by molar-refractivity contribution is -0.151. The molecule has 0 aliphatic carbocycles. The molecular formula is C16H21N3O8. The van der Waals surface area contributed by atoms with Gasteiger partial charge in [0.05, 0.1) is 19.5 Å². The predicted octanol–water partition coefficient (Wildman–Crippen LogP) is -0.154. The van der Waals surface area contributed by atoms with Crippen LogP contribution in [-0.2, 0) is 19.1 Å². The van der Waals surface area contributed by atoms with E-state index in [1.54, 1.807) is 30.3 Å². The number of nitrogens with two attached hydrogens (primary N) is 1. The number of para-hydroxylation sites is 1. The Bertz CT molecular complexity index is 638. The fourth-order valence-corrected chi connectivity index (χ4v) is 1.69. The lowest BCUT2D eigenvalue weighted by Gasteiger charge is -2.12. The van der Waals surface area contributed by atoms with Crippen molar-refractivity contribution in [3.05, 3.63) is 30.3 Å². The standard InChI is InChI=1S/C16H21N3O8/c17-12(10-13(20)25-8-6-18-15(22)23)14(21)26-9-7-19-16(24)27-11-4-2-1-3-5-11/h1-5,12,18H,6-10,17H2,(H,19,24)(H,22,23). The van der Waals surface area contributed by atoms with Gasteiger partial charge in [0.2, 0.25) is 0 Å². The summed E-state index contributed by atoms with van der Waals surface area (Å²) < 4.78 is 14.5. The number of carbonyl (C=O) groups is 4. The Hall–Kier alpha value is -3.34. The number of hydrogen-bond donors (Lipinski definition) is 4. The summed E-state index contributed by atoms with van der Waals surface area (Å²) in [5.74, 6) is -1.24. The first-order valence-electron chi connectivity index (χ1n) is 7.94. The van der Waals surface area contributed by atoms with E-state index in [-0.39, 0.29) is 26.3 Å². The van der Waals surface area contributed by atoms with Crippen molar-refractivity contribution in [3.8, 4) is 5.75 Å². The Morgan fingerprint density at radius 1 is 1.00 bits per heavy atom. The van der Waals surface area contributed by atoms with E-state index < -0.39 is 36.6 Å². The number of benzene rings is 1. The molecule has 0 saturated carbocycles. The maximum absolute atomic E-state index is 11.6. The zero-order valence-electron chi connectivity index (χ0n) is 14.4. The number of esters is 2. The molecule has 27 heavy (non-hydrogen) atoms. The van der Waals surface area contributed by atoms with E-state index in [0.29, 0.717) is 5.75 Å². The van der Waals surface area contributed by atoms with Crippen LogP contribution >= 0.6 is 0 Å². The normalized spacial score (nSPS) is 11.0. The van der Waals surface area contributed by atoms with Gasteiger partial charge in [0.1, 0.15) is 25.0 Å². The molecule has 0 radical (unpaired) electrons. The highest BCUT2D eigenvalue weighted by Gasteiger charge is 2.20.